The molecule has 0 saturated carbocycles. The molecule has 0 aromatic heterocycles. The van der Waals surface area contributed by atoms with Crippen LogP contribution in [0.2, 0.25) is 0 Å². The molecule has 0 radical (unpaired) electrons. The van der Waals surface area contributed by atoms with Gasteiger partial charge in [0.2, 0.25) is 0 Å². The van der Waals surface area contributed by atoms with Crippen LogP contribution in [0.5, 0.6) is 0 Å². The van der Waals surface area contributed by atoms with Crippen molar-refractivity contribution in [2.75, 3.05) is 10.0 Å². The predicted octanol–water partition coefficient (Wildman–Crippen LogP) is 4.82. The van der Waals surface area contributed by atoms with Crippen LogP contribution in [0.15, 0.2) is 71.6 Å². The van der Waals surface area contributed by atoms with Gasteiger partial charge in [0.1, 0.15) is 11.6 Å². The zero-order valence-corrected chi connectivity index (χ0v) is 14.6. The molecule has 0 spiro atoms. The molecule has 3 aromatic rings. The van der Waals surface area contributed by atoms with Gasteiger partial charge in [-0.2, -0.15) is 0 Å². The van der Waals surface area contributed by atoms with Gasteiger partial charge in [0.25, 0.3) is 10.0 Å². The number of hydrogen-bond acceptors (Lipinski definition) is 3. The van der Waals surface area contributed by atoms with Gasteiger partial charge in [0, 0.05) is 17.1 Å². The molecule has 0 amide bonds. The summed E-state index contributed by atoms with van der Waals surface area (Å²) in [6, 6.07) is 16.1. The third-order valence-electron chi connectivity index (χ3n) is 3.69. The van der Waals surface area contributed by atoms with E-state index in [1.54, 1.807) is 36.4 Å². The molecule has 7 heteroatoms. The average molecular weight is 374 g/mol. The maximum atomic E-state index is 13.3. The van der Waals surface area contributed by atoms with Crippen molar-refractivity contribution in [3.8, 4) is 0 Å². The second-order valence-electron chi connectivity index (χ2n) is 5.73. The molecule has 0 aliphatic rings. The van der Waals surface area contributed by atoms with E-state index in [4.69, 9.17) is 0 Å². The van der Waals surface area contributed by atoms with E-state index < -0.39 is 15.8 Å². The topological polar surface area (TPSA) is 58.2 Å². The fraction of sp³-hybridized carbons (Fsp3) is 0.0526. The number of benzene rings is 3. The minimum Gasteiger partial charge on any atom is -0.355 e. The molecule has 3 rings (SSSR count). The molecule has 4 nitrogen and oxygen atoms in total. The average Bonchev–Trinajstić information content (AvgIpc) is 2.59. The summed E-state index contributed by atoms with van der Waals surface area (Å²) < 4.78 is 53.7. The van der Waals surface area contributed by atoms with Crippen molar-refractivity contribution in [3.05, 3.63) is 83.9 Å². The van der Waals surface area contributed by atoms with Gasteiger partial charge in [-0.25, -0.2) is 17.2 Å². The van der Waals surface area contributed by atoms with E-state index in [-0.39, 0.29) is 16.3 Å². The number of hydrogen-bond donors (Lipinski definition) is 2. The Morgan fingerprint density at radius 2 is 1.50 bits per heavy atom. The Morgan fingerprint density at radius 3 is 2.15 bits per heavy atom. The number of anilines is 3. The Hall–Kier alpha value is -2.93. The van der Waals surface area contributed by atoms with Gasteiger partial charge in [0.15, 0.2) is 0 Å². The Morgan fingerprint density at radius 1 is 0.808 bits per heavy atom. The van der Waals surface area contributed by atoms with Crippen molar-refractivity contribution in [1.82, 2.24) is 0 Å². The molecule has 134 valence electrons. The highest BCUT2D eigenvalue weighted by Crippen LogP contribution is 2.22. The normalized spacial score (nSPS) is 11.2. The summed E-state index contributed by atoms with van der Waals surface area (Å²) in [5.41, 5.74) is 1.87. The Kier molecular flexibility index (Phi) is 4.90. The predicted molar refractivity (Wildman–Crippen MR) is 98.1 cm³/mol. The SMILES string of the molecule is Cc1cc(S(=O)(=O)Nc2ccc(Nc3cccc(F)c3)cc2)ccc1F. The van der Waals surface area contributed by atoms with Crippen LogP contribution in [0.3, 0.4) is 0 Å². The van der Waals surface area contributed by atoms with Gasteiger partial charge in [-0.05, 0) is 73.2 Å². The monoisotopic (exact) mass is 374 g/mol. The van der Waals surface area contributed by atoms with Gasteiger partial charge in [-0.3, -0.25) is 4.72 Å². The third kappa shape index (κ3) is 4.18. The van der Waals surface area contributed by atoms with Gasteiger partial charge in [-0.15, -0.1) is 0 Å². The summed E-state index contributed by atoms with van der Waals surface area (Å²) in [6.07, 6.45) is 0. The first-order chi connectivity index (χ1) is 12.3. The lowest BCUT2D eigenvalue weighted by atomic mass is 10.2. The number of rotatable bonds is 5. The summed E-state index contributed by atoms with van der Waals surface area (Å²) >= 11 is 0. The summed E-state index contributed by atoms with van der Waals surface area (Å²) in [6.45, 7) is 1.50. The second-order valence-corrected chi connectivity index (χ2v) is 7.41. The minimum absolute atomic E-state index is 0.0154. The third-order valence-corrected chi connectivity index (χ3v) is 5.07. The van der Waals surface area contributed by atoms with Crippen LogP contribution in [0, 0.1) is 18.6 Å². The van der Waals surface area contributed by atoms with E-state index >= 15 is 0 Å². The molecule has 26 heavy (non-hydrogen) atoms. The molecule has 0 heterocycles. The van der Waals surface area contributed by atoms with Crippen molar-refractivity contribution in [2.45, 2.75) is 11.8 Å². The molecule has 0 fully saturated rings. The van der Waals surface area contributed by atoms with Crippen molar-refractivity contribution in [2.24, 2.45) is 0 Å². The van der Waals surface area contributed by atoms with E-state index in [9.17, 15) is 17.2 Å². The van der Waals surface area contributed by atoms with Crippen molar-refractivity contribution >= 4 is 27.1 Å². The maximum absolute atomic E-state index is 13.3. The zero-order valence-electron chi connectivity index (χ0n) is 13.8. The molecule has 0 unspecified atom stereocenters. The molecule has 3 aromatic carbocycles. The molecule has 0 saturated heterocycles. The lowest BCUT2D eigenvalue weighted by Crippen LogP contribution is -2.13. The molecule has 0 atom stereocenters. The maximum Gasteiger partial charge on any atom is 0.261 e. The highest BCUT2D eigenvalue weighted by molar-refractivity contribution is 7.92. The van der Waals surface area contributed by atoms with Crippen molar-refractivity contribution in [3.63, 3.8) is 0 Å². The van der Waals surface area contributed by atoms with Crippen LogP contribution < -0.4 is 10.0 Å². The molecular weight excluding hydrogens is 358 g/mol. The summed E-state index contributed by atoms with van der Waals surface area (Å²) in [4.78, 5) is -0.0154. The Bertz CT molecular complexity index is 1040. The van der Waals surface area contributed by atoms with E-state index in [1.807, 2.05) is 0 Å². The lowest BCUT2D eigenvalue weighted by molar-refractivity contribution is 0.598. The molecular formula is C19H16F2N2O2S. The van der Waals surface area contributed by atoms with Crippen LogP contribution in [-0.2, 0) is 10.0 Å². The first kappa shape index (κ1) is 17.9. The summed E-state index contributed by atoms with van der Waals surface area (Å²) in [5, 5.41) is 3.02. The Labute approximate surface area is 150 Å². The molecule has 2 N–H and O–H groups in total. The van der Waals surface area contributed by atoms with Crippen molar-refractivity contribution < 1.29 is 17.2 Å². The van der Waals surface area contributed by atoms with E-state index in [2.05, 4.69) is 10.0 Å². The molecule has 0 bridgehead atoms. The number of sulfonamides is 1. The largest absolute Gasteiger partial charge is 0.355 e. The van der Waals surface area contributed by atoms with Crippen LogP contribution in [0.4, 0.5) is 25.8 Å². The lowest BCUT2D eigenvalue weighted by Gasteiger charge is -2.11. The number of aryl methyl sites for hydroxylation is 1. The van der Waals surface area contributed by atoms with Crippen LogP contribution in [0.25, 0.3) is 0 Å². The Balaban J connectivity index is 1.75. The minimum atomic E-state index is -3.82. The highest BCUT2D eigenvalue weighted by Gasteiger charge is 2.15. The number of halogens is 2. The second kappa shape index (κ2) is 7.13. The van der Waals surface area contributed by atoms with Gasteiger partial charge in [-0.1, -0.05) is 6.07 Å². The van der Waals surface area contributed by atoms with Crippen LogP contribution >= 0.6 is 0 Å². The highest BCUT2D eigenvalue weighted by atomic mass is 32.2. The van der Waals surface area contributed by atoms with Crippen molar-refractivity contribution in [1.29, 1.82) is 0 Å². The van der Waals surface area contributed by atoms with Gasteiger partial charge in [0.05, 0.1) is 4.90 Å². The fourth-order valence-corrected chi connectivity index (χ4v) is 3.50. The van der Waals surface area contributed by atoms with Gasteiger partial charge < -0.3 is 5.32 Å². The molecule has 0 aliphatic heterocycles. The molecule has 0 aliphatic carbocycles. The van der Waals surface area contributed by atoms with E-state index in [0.717, 1.165) is 6.07 Å². The standard InChI is InChI=1S/C19H16F2N2O2S/c1-13-11-18(9-10-19(13)21)26(24,25)23-16-7-5-15(6-8-16)22-17-4-2-3-14(20)12-17/h2-12,22-23H,1H3. The zero-order chi connectivity index (χ0) is 18.7. The summed E-state index contributed by atoms with van der Waals surface area (Å²) in [7, 11) is -3.82. The number of nitrogens with one attached hydrogen (secondary N) is 2. The smallest absolute Gasteiger partial charge is 0.261 e. The first-order valence-electron chi connectivity index (χ1n) is 7.75. The van der Waals surface area contributed by atoms with Crippen LogP contribution in [-0.4, -0.2) is 8.42 Å². The fourth-order valence-electron chi connectivity index (χ4n) is 2.35. The van der Waals surface area contributed by atoms with E-state index in [1.165, 1.54) is 31.2 Å². The van der Waals surface area contributed by atoms with Gasteiger partial charge >= 0.3 is 0 Å². The first-order valence-corrected chi connectivity index (χ1v) is 9.23. The van der Waals surface area contributed by atoms with E-state index in [0.29, 0.717) is 17.1 Å². The van der Waals surface area contributed by atoms with Crippen LogP contribution in [0.1, 0.15) is 5.56 Å². The quantitative estimate of drug-likeness (QED) is 0.673. The summed E-state index contributed by atoms with van der Waals surface area (Å²) in [5.74, 6) is -0.814.